The van der Waals surface area contributed by atoms with E-state index < -0.39 is 12.8 Å². The average Bonchev–Trinajstić information content (AvgIpc) is 2.74. The monoisotopic (exact) mass is 374 g/mol. The van der Waals surface area contributed by atoms with Crippen molar-refractivity contribution in [1.82, 2.24) is 0 Å². The molecular formula is C23H18O5. The van der Waals surface area contributed by atoms with Gasteiger partial charge in [-0.1, -0.05) is 42.5 Å². The Labute approximate surface area is 162 Å². The molecule has 3 aromatic rings. The number of benzene rings is 3. The Morgan fingerprint density at radius 2 is 1.39 bits per heavy atom. The maximum atomic E-state index is 12.5. The second-order valence-electron chi connectivity index (χ2n) is 5.82. The Morgan fingerprint density at radius 3 is 2.00 bits per heavy atom. The summed E-state index contributed by atoms with van der Waals surface area (Å²) in [6.45, 7) is -0.416. The highest BCUT2D eigenvalue weighted by Crippen LogP contribution is 2.16. The van der Waals surface area contributed by atoms with E-state index >= 15 is 0 Å². The lowest BCUT2D eigenvalue weighted by Crippen LogP contribution is -2.03. The van der Waals surface area contributed by atoms with Gasteiger partial charge >= 0.3 is 5.97 Å². The van der Waals surface area contributed by atoms with Crippen LogP contribution in [0.4, 0.5) is 0 Å². The van der Waals surface area contributed by atoms with E-state index in [-0.39, 0.29) is 5.78 Å². The van der Waals surface area contributed by atoms with Gasteiger partial charge in [-0.25, -0.2) is 4.79 Å². The lowest BCUT2D eigenvalue weighted by molar-refractivity contribution is -0.128. The molecule has 3 aromatic carbocycles. The van der Waals surface area contributed by atoms with Crippen LogP contribution in [0.5, 0.6) is 11.5 Å². The number of ether oxygens (including phenoxy) is 2. The minimum absolute atomic E-state index is 0.130. The molecule has 0 saturated carbocycles. The third kappa shape index (κ3) is 5.16. The fourth-order valence-corrected chi connectivity index (χ4v) is 2.49. The number of hydrogen-bond donors (Lipinski definition) is 1. The van der Waals surface area contributed by atoms with Gasteiger partial charge in [0.15, 0.2) is 12.6 Å². The van der Waals surface area contributed by atoms with Crippen LogP contribution in [-0.2, 0) is 4.79 Å². The van der Waals surface area contributed by atoms with E-state index in [4.69, 9.17) is 14.6 Å². The third-order valence-electron chi connectivity index (χ3n) is 3.89. The first kappa shape index (κ1) is 19.1. The predicted octanol–water partition coefficient (Wildman–Crippen LogP) is 3.87. The van der Waals surface area contributed by atoms with Gasteiger partial charge in [-0.15, -0.1) is 0 Å². The summed E-state index contributed by atoms with van der Waals surface area (Å²) in [5, 5.41) is 8.73. The largest absolute Gasteiger partial charge is 0.468 e. The molecule has 1 N–H and O–H groups in total. The lowest BCUT2D eigenvalue weighted by atomic mass is 10.0. The zero-order valence-corrected chi connectivity index (χ0v) is 14.9. The van der Waals surface area contributed by atoms with Crippen molar-refractivity contribution in [2.24, 2.45) is 0 Å². The number of carbonyl (C=O) groups excluding carboxylic acids is 2. The highest BCUT2D eigenvalue weighted by molar-refractivity contribution is 6.09. The molecule has 0 saturated heterocycles. The van der Waals surface area contributed by atoms with Gasteiger partial charge in [0, 0.05) is 17.2 Å². The molecule has 0 aromatic heterocycles. The summed E-state index contributed by atoms with van der Waals surface area (Å²) in [6.07, 6.45) is 2.96. The molecular weight excluding hydrogens is 356 g/mol. The van der Waals surface area contributed by atoms with Gasteiger partial charge in [0.2, 0.25) is 0 Å². The number of para-hydroxylation sites is 1. The quantitative estimate of drug-likeness (QED) is 0.223. The highest BCUT2D eigenvalue weighted by Gasteiger charge is 2.09. The van der Waals surface area contributed by atoms with Crippen LogP contribution in [0, 0.1) is 0 Å². The Morgan fingerprint density at radius 1 is 0.786 bits per heavy atom. The van der Waals surface area contributed by atoms with Gasteiger partial charge in [-0.05, 0) is 48.0 Å². The molecule has 140 valence electrons. The highest BCUT2D eigenvalue weighted by atomic mass is 16.6. The first-order chi connectivity index (χ1) is 13.7. The smallest absolute Gasteiger partial charge is 0.336 e. The van der Waals surface area contributed by atoms with E-state index in [0.29, 0.717) is 22.6 Å². The molecule has 0 bridgehead atoms. The van der Waals surface area contributed by atoms with Crippen LogP contribution in [0.1, 0.15) is 21.5 Å². The number of aliphatic hydroxyl groups is 1. The molecule has 0 amide bonds. The molecule has 5 heteroatoms. The Balaban J connectivity index is 1.62. The molecule has 0 aliphatic carbocycles. The summed E-state index contributed by atoms with van der Waals surface area (Å²) in [6, 6.07) is 22.2. The van der Waals surface area contributed by atoms with Crippen molar-refractivity contribution in [1.29, 1.82) is 0 Å². The van der Waals surface area contributed by atoms with E-state index in [1.54, 1.807) is 78.9 Å². The van der Waals surface area contributed by atoms with Crippen LogP contribution in [0.15, 0.2) is 84.9 Å². The van der Waals surface area contributed by atoms with Crippen LogP contribution in [-0.4, -0.2) is 23.7 Å². The fraction of sp³-hybridized carbons (Fsp3) is 0.0435. The summed E-state index contributed by atoms with van der Waals surface area (Å²) >= 11 is 0. The average molecular weight is 374 g/mol. The molecule has 5 nitrogen and oxygen atoms in total. The topological polar surface area (TPSA) is 72.8 Å². The number of hydrogen-bond acceptors (Lipinski definition) is 5. The summed E-state index contributed by atoms with van der Waals surface area (Å²) in [5.74, 6) is 0.363. The minimum atomic E-state index is -0.475. The summed E-state index contributed by atoms with van der Waals surface area (Å²) in [7, 11) is 0. The number of esters is 1. The van der Waals surface area contributed by atoms with Gasteiger partial charge < -0.3 is 14.6 Å². The SMILES string of the molecule is O=C(/C=C/c1ccc(C(=O)c2ccc(OCO)cc2)cc1)Oc1ccccc1. The van der Waals surface area contributed by atoms with Crippen molar-refractivity contribution in [2.45, 2.75) is 0 Å². The van der Waals surface area contributed by atoms with E-state index in [1.807, 2.05) is 6.07 Å². The molecule has 0 aliphatic rings. The molecule has 0 heterocycles. The first-order valence-corrected chi connectivity index (χ1v) is 8.59. The van der Waals surface area contributed by atoms with E-state index in [9.17, 15) is 9.59 Å². The molecule has 0 aliphatic heterocycles. The van der Waals surface area contributed by atoms with Gasteiger partial charge in [-0.3, -0.25) is 4.79 Å². The number of carbonyl (C=O) groups is 2. The minimum Gasteiger partial charge on any atom is -0.468 e. The lowest BCUT2D eigenvalue weighted by Gasteiger charge is -2.05. The number of aliphatic hydroxyl groups excluding tert-OH is 1. The summed E-state index contributed by atoms with van der Waals surface area (Å²) < 4.78 is 10.1. The van der Waals surface area contributed by atoms with Crippen molar-refractivity contribution in [3.63, 3.8) is 0 Å². The van der Waals surface area contributed by atoms with Crippen LogP contribution in [0.2, 0.25) is 0 Å². The van der Waals surface area contributed by atoms with Crippen molar-refractivity contribution in [2.75, 3.05) is 6.79 Å². The van der Waals surface area contributed by atoms with E-state index in [1.165, 1.54) is 6.08 Å². The van der Waals surface area contributed by atoms with Gasteiger partial charge in [0.05, 0.1) is 0 Å². The van der Waals surface area contributed by atoms with Gasteiger partial charge in [0.1, 0.15) is 11.5 Å². The molecule has 0 spiro atoms. The standard InChI is InChI=1S/C23H18O5/c24-16-27-20-13-11-19(12-14-20)23(26)18-9-6-17(7-10-18)8-15-22(25)28-21-4-2-1-3-5-21/h1-15,24H,16H2/b15-8+. The van der Waals surface area contributed by atoms with Crippen molar-refractivity contribution < 1.29 is 24.2 Å². The molecule has 3 rings (SSSR count). The summed E-state index contributed by atoms with van der Waals surface area (Å²) in [5.41, 5.74) is 1.81. The van der Waals surface area contributed by atoms with Crippen molar-refractivity contribution in [3.05, 3.63) is 102 Å². The summed E-state index contributed by atoms with van der Waals surface area (Å²) in [4.78, 5) is 24.3. The molecule has 28 heavy (non-hydrogen) atoms. The molecule has 0 atom stereocenters. The third-order valence-corrected chi connectivity index (χ3v) is 3.89. The fourth-order valence-electron chi connectivity index (χ4n) is 2.49. The Kier molecular flexibility index (Phi) is 6.33. The maximum Gasteiger partial charge on any atom is 0.336 e. The normalized spacial score (nSPS) is 10.6. The molecule has 0 fully saturated rings. The van der Waals surface area contributed by atoms with E-state index in [0.717, 1.165) is 5.56 Å². The Bertz CT molecular complexity index is 958. The number of rotatable bonds is 7. The first-order valence-electron chi connectivity index (χ1n) is 8.59. The zero-order valence-electron chi connectivity index (χ0n) is 14.9. The second-order valence-corrected chi connectivity index (χ2v) is 5.82. The maximum absolute atomic E-state index is 12.5. The van der Waals surface area contributed by atoms with Crippen LogP contribution in [0.25, 0.3) is 6.08 Å². The van der Waals surface area contributed by atoms with Crippen LogP contribution >= 0.6 is 0 Å². The van der Waals surface area contributed by atoms with E-state index in [2.05, 4.69) is 0 Å². The molecule has 0 radical (unpaired) electrons. The Hall–Kier alpha value is -3.70. The number of ketones is 1. The molecule has 0 unspecified atom stereocenters. The zero-order chi connectivity index (χ0) is 19.8. The van der Waals surface area contributed by atoms with Crippen molar-refractivity contribution >= 4 is 17.8 Å². The van der Waals surface area contributed by atoms with Crippen LogP contribution in [0.3, 0.4) is 0 Å². The second kappa shape index (κ2) is 9.30. The van der Waals surface area contributed by atoms with Gasteiger partial charge in [0.25, 0.3) is 0 Å². The van der Waals surface area contributed by atoms with Crippen LogP contribution < -0.4 is 9.47 Å². The van der Waals surface area contributed by atoms with Crippen molar-refractivity contribution in [3.8, 4) is 11.5 Å². The predicted molar refractivity (Wildman–Crippen MR) is 105 cm³/mol. The van der Waals surface area contributed by atoms with Gasteiger partial charge in [-0.2, -0.15) is 0 Å².